The number of rotatable bonds is 9. The molecular formula is C16H32N2O3. The Bertz CT molecular complexity index is 346. The van der Waals surface area contributed by atoms with Crippen molar-refractivity contribution in [1.82, 2.24) is 5.32 Å². The van der Waals surface area contributed by atoms with E-state index in [9.17, 15) is 9.59 Å². The van der Waals surface area contributed by atoms with Crippen LogP contribution in [0.15, 0.2) is 0 Å². The van der Waals surface area contributed by atoms with Crippen LogP contribution in [0.2, 0.25) is 0 Å². The molecule has 5 nitrogen and oxygen atoms in total. The predicted octanol–water partition coefficient (Wildman–Crippen LogP) is 2.54. The summed E-state index contributed by atoms with van der Waals surface area (Å²) in [6.45, 7) is 10.9. The monoisotopic (exact) mass is 300 g/mol. The fraction of sp³-hybridized carbons (Fsp3) is 0.875. The first-order chi connectivity index (χ1) is 9.48. The maximum Gasteiger partial charge on any atom is 0.303 e. The molecule has 0 aliphatic rings. The summed E-state index contributed by atoms with van der Waals surface area (Å²) in [7, 11) is 0. The van der Waals surface area contributed by atoms with Crippen molar-refractivity contribution < 1.29 is 14.7 Å². The first-order valence-corrected chi connectivity index (χ1v) is 7.71. The molecule has 1 atom stereocenters. The average Bonchev–Trinajstić information content (AvgIpc) is 2.30. The lowest BCUT2D eigenvalue weighted by Gasteiger charge is -2.31. The van der Waals surface area contributed by atoms with Gasteiger partial charge in [-0.15, -0.1) is 0 Å². The molecule has 0 spiro atoms. The lowest BCUT2D eigenvalue weighted by molar-refractivity contribution is -0.137. The Kier molecular flexibility index (Phi) is 7.93. The van der Waals surface area contributed by atoms with Crippen LogP contribution in [-0.4, -0.2) is 29.1 Å². The molecule has 4 N–H and O–H groups in total. The third-order valence-electron chi connectivity index (χ3n) is 3.90. The summed E-state index contributed by atoms with van der Waals surface area (Å²) < 4.78 is 0. The van der Waals surface area contributed by atoms with Gasteiger partial charge in [-0.2, -0.15) is 0 Å². The van der Waals surface area contributed by atoms with Gasteiger partial charge in [-0.3, -0.25) is 9.59 Å². The molecule has 0 aromatic carbocycles. The van der Waals surface area contributed by atoms with Crippen LogP contribution in [0.4, 0.5) is 0 Å². The summed E-state index contributed by atoms with van der Waals surface area (Å²) >= 11 is 0. The molecule has 21 heavy (non-hydrogen) atoms. The van der Waals surface area contributed by atoms with E-state index in [-0.39, 0.29) is 17.7 Å². The second-order valence-corrected chi connectivity index (χ2v) is 7.50. The Morgan fingerprint density at radius 2 is 1.67 bits per heavy atom. The van der Waals surface area contributed by atoms with Gasteiger partial charge in [-0.25, -0.2) is 0 Å². The van der Waals surface area contributed by atoms with E-state index in [1.54, 1.807) is 0 Å². The number of carboxylic acids is 1. The molecule has 0 saturated carbocycles. The largest absolute Gasteiger partial charge is 0.481 e. The van der Waals surface area contributed by atoms with Gasteiger partial charge >= 0.3 is 5.97 Å². The highest BCUT2D eigenvalue weighted by molar-refractivity contribution is 5.76. The van der Waals surface area contributed by atoms with Crippen molar-refractivity contribution in [3.8, 4) is 0 Å². The quantitative estimate of drug-likeness (QED) is 0.610. The molecule has 0 aromatic rings. The van der Waals surface area contributed by atoms with Crippen molar-refractivity contribution in [1.29, 1.82) is 0 Å². The molecule has 0 aliphatic carbocycles. The fourth-order valence-corrected chi connectivity index (χ4v) is 2.44. The molecule has 0 fully saturated rings. The van der Waals surface area contributed by atoms with Gasteiger partial charge in [0.2, 0.25) is 5.91 Å². The maximum absolute atomic E-state index is 12.0. The zero-order chi connectivity index (χ0) is 16.7. The standard InChI is InChI=1S/C16H32N2O3/c1-15(2,3)12(9-11-17)6-7-13(19)18-16(4,5)10-8-14(20)21/h12H,6-11,17H2,1-5H3,(H,18,19)(H,20,21). The van der Waals surface area contributed by atoms with Gasteiger partial charge in [0.15, 0.2) is 0 Å². The van der Waals surface area contributed by atoms with Crippen molar-refractivity contribution in [3.63, 3.8) is 0 Å². The van der Waals surface area contributed by atoms with Gasteiger partial charge in [-0.05, 0) is 51.0 Å². The molecular weight excluding hydrogens is 268 g/mol. The maximum atomic E-state index is 12.0. The Labute approximate surface area is 128 Å². The fourth-order valence-electron chi connectivity index (χ4n) is 2.44. The Morgan fingerprint density at radius 1 is 1.10 bits per heavy atom. The first kappa shape index (κ1) is 19.9. The third-order valence-corrected chi connectivity index (χ3v) is 3.90. The van der Waals surface area contributed by atoms with Crippen LogP contribution in [-0.2, 0) is 9.59 Å². The molecule has 0 radical (unpaired) electrons. The molecule has 1 amide bonds. The van der Waals surface area contributed by atoms with E-state index < -0.39 is 11.5 Å². The van der Waals surface area contributed by atoms with Gasteiger partial charge in [0.25, 0.3) is 0 Å². The van der Waals surface area contributed by atoms with Crippen molar-refractivity contribution >= 4 is 11.9 Å². The minimum Gasteiger partial charge on any atom is -0.481 e. The lowest BCUT2D eigenvalue weighted by atomic mass is 9.76. The lowest BCUT2D eigenvalue weighted by Crippen LogP contribution is -2.44. The highest BCUT2D eigenvalue weighted by Gasteiger charge is 2.26. The molecule has 0 aliphatic heterocycles. The second-order valence-electron chi connectivity index (χ2n) is 7.50. The Balaban J connectivity index is 4.32. The van der Waals surface area contributed by atoms with Gasteiger partial charge < -0.3 is 16.2 Å². The molecule has 0 bridgehead atoms. The van der Waals surface area contributed by atoms with Crippen molar-refractivity contribution in [2.75, 3.05) is 6.54 Å². The van der Waals surface area contributed by atoms with E-state index in [1.165, 1.54) is 0 Å². The van der Waals surface area contributed by atoms with Gasteiger partial charge in [0.1, 0.15) is 0 Å². The highest BCUT2D eigenvalue weighted by Crippen LogP contribution is 2.32. The molecule has 124 valence electrons. The first-order valence-electron chi connectivity index (χ1n) is 7.71. The summed E-state index contributed by atoms with van der Waals surface area (Å²) in [6, 6.07) is 0. The van der Waals surface area contributed by atoms with Crippen LogP contribution in [0, 0.1) is 11.3 Å². The van der Waals surface area contributed by atoms with E-state index in [0.29, 0.717) is 25.3 Å². The number of nitrogens with one attached hydrogen (secondary N) is 1. The number of nitrogens with two attached hydrogens (primary N) is 1. The summed E-state index contributed by atoms with van der Waals surface area (Å²) in [4.78, 5) is 22.7. The normalized spacial score (nSPS) is 13.8. The summed E-state index contributed by atoms with van der Waals surface area (Å²) in [6.07, 6.45) is 2.67. The topological polar surface area (TPSA) is 92.4 Å². The van der Waals surface area contributed by atoms with E-state index in [4.69, 9.17) is 10.8 Å². The summed E-state index contributed by atoms with van der Waals surface area (Å²) in [5, 5.41) is 11.6. The SMILES string of the molecule is CC(C)(CCC(=O)O)NC(=O)CCC(CCN)C(C)(C)C. The zero-order valence-corrected chi connectivity index (χ0v) is 14.2. The number of amides is 1. The molecule has 5 heteroatoms. The van der Waals surface area contributed by atoms with Crippen LogP contribution in [0.25, 0.3) is 0 Å². The second kappa shape index (κ2) is 8.37. The average molecular weight is 300 g/mol. The van der Waals surface area contributed by atoms with Gasteiger partial charge in [0.05, 0.1) is 0 Å². The number of hydrogen-bond donors (Lipinski definition) is 3. The van der Waals surface area contributed by atoms with E-state index in [1.807, 2.05) is 13.8 Å². The Hall–Kier alpha value is -1.10. The minimum atomic E-state index is -0.840. The molecule has 0 rings (SSSR count). The number of carbonyl (C=O) groups is 2. The molecule has 0 heterocycles. The summed E-state index contributed by atoms with van der Waals surface area (Å²) in [5.41, 5.74) is 5.30. The van der Waals surface area contributed by atoms with Crippen LogP contribution < -0.4 is 11.1 Å². The van der Waals surface area contributed by atoms with Crippen LogP contribution in [0.5, 0.6) is 0 Å². The number of carbonyl (C=O) groups excluding carboxylic acids is 1. The zero-order valence-electron chi connectivity index (χ0n) is 14.2. The van der Waals surface area contributed by atoms with Gasteiger partial charge in [-0.1, -0.05) is 20.8 Å². The molecule has 1 unspecified atom stereocenters. The molecule has 0 aromatic heterocycles. The van der Waals surface area contributed by atoms with Crippen LogP contribution in [0.3, 0.4) is 0 Å². The highest BCUT2D eigenvalue weighted by atomic mass is 16.4. The third kappa shape index (κ3) is 9.45. The van der Waals surface area contributed by atoms with E-state index in [0.717, 1.165) is 12.8 Å². The summed E-state index contributed by atoms with van der Waals surface area (Å²) in [5.74, 6) is -0.444. The van der Waals surface area contributed by atoms with Crippen molar-refractivity contribution in [3.05, 3.63) is 0 Å². The smallest absolute Gasteiger partial charge is 0.303 e. The van der Waals surface area contributed by atoms with Gasteiger partial charge in [0, 0.05) is 18.4 Å². The van der Waals surface area contributed by atoms with Crippen molar-refractivity contribution in [2.45, 2.75) is 72.3 Å². The number of aliphatic carboxylic acids is 1. The van der Waals surface area contributed by atoms with Crippen LogP contribution in [0.1, 0.15) is 66.7 Å². The number of carboxylic acid groups (broad SMARTS) is 1. The van der Waals surface area contributed by atoms with Crippen LogP contribution >= 0.6 is 0 Å². The van der Waals surface area contributed by atoms with E-state index in [2.05, 4.69) is 26.1 Å². The van der Waals surface area contributed by atoms with E-state index >= 15 is 0 Å². The molecule has 0 saturated heterocycles. The van der Waals surface area contributed by atoms with Crippen molar-refractivity contribution in [2.24, 2.45) is 17.1 Å². The minimum absolute atomic E-state index is 0.0170. The predicted molar refractivity (Wildman–Crippen MR) is 84.9 cm³/mol. The Morgan fingerprint density at radius 3 is 2.10 bits per heavy atom. The number of hydrogen-bond acceptors (Lipinski definition) is 3.